The lowest BCUT2D eigenvalue weighted by atomic mass is 9.89. The number of nitrogens with zero attached hydrogens (tertiary/aromatic N) is 1. The average Bonchev–Trinajstić information content (AvgIpc) is 2.74. The van der Waals surface area contributed by atoms with Crippen LogP contribution in [0.2, 0.25) is 0 Å². The molecule has 0 aromatic rings. The highest BCUT2D eigenvalue weighted by atomic mass is 16.5. The van der Waals surface area contributed by atoms with E-state index in [2.05, 4.69) is 4.90 Å². The molecule has 2 fully saturated rings. The Hall–Kier alpha value is -0.610. The van der Waals surface area contributed by atoms with Crippen LogP contribution in [-0.4, -0.2) is 47.8 Å². The van der Waals surface area contributed by atoms with E-state index in [9.17, 15) is 4.79 Å². The Morgan fingerprint density at radius 3 is 2.94 bits per heavy atom. The molecular weight excluding hydrogens is 218 g/mol. The van der Waals surface area contributed by atoms with Gasteiger partial charge in [0.2, 0.25) is 0 Å². The van der Waals surface area contributed by atoms with Gasteiger partial charge in [-0.2, -0.15) is 0 Å². The van der Waals surface area contributed by atoms with E-state index in [1.54, 1.807) is 0 Å². The first-order valence-electron chi connectivity index (χ1n) is 6.60. The fourth-order valence-corrected chi connectivity index (χ4v) is 2.81. The summed E-state index contributed by atoms with van der Waals surface area (Å²) in [5, 5.41) is 9.11. The molecule has 0 radical (unpaired) electrons. The number of ether oxygens (including phenoxy) is 1. The van der Waals surface area contributed by atoms with Crippen LogP contribution in [0.4, 0.5) is 0 Å². The van der Waals surface area contributed by atoms with Gasteiger partial charge in [-0.15, -0.1) is 0 Å². The van der Waals surface area contributed by atoms with Crippen molar-refractivity contribution in [1.29, 1.82) is 0 Å². The summed E-state index contributed by atoms with van der Waals surface area (Å²) in [5.74, 6) is -0.700. The molecule has 0 aromatic carbocycles. The standard InChI is InChI=1S/C13H23NO3/c1-13(2,12(15)16)6-7-14-8-9-17-11-5-3-4-10(11)14/h10-11H,3-9H2,1-2H3,(H,15,16). The van der Waals surface area contributed by atoms with E-state index >= 15 is 0 Å². The summed E-state index contributed by atoms with van der Waals surface area (Å²) < 4.78 is 5.75. The van der Waals surface area contributed by atoms with E-state index in [0.717, 1.165) is 19.7 Å². The van der Waals surface area contributed by atoms with E-state index in [1.807, 2.05) is 13.8 Å². The predicted octanol–water partition coefficient (Wildman–Crippen LogP) is 1.74. The van der Waals surface area contributed by atoms with Crippen LogP contribution in [-0.2, 0) is 9.53 Å². The monoisotopic (exact) mass is 241 g/mol. The van der Waals surface area contributed by atoms with Crippen molar-refractivity contribution in [2.24, 2.45) is 5.41 Å². The summed E-state index contributed by atoms with van der Waals surface area (Å²) in [6.45, 7) is 6.25. The van der Waals surface area contributed by atoms with Gasteiger partial charge in [-0.05, 0) is 46.1 Å². The Labute approximate surface area is 103 Å². The third-order valence-electron chi connectivity index (χ3n) is 4.20. The molecule has 1 aliphatic carbocycles. The smallest absolute Gasteiger partial charge is 0.309 e. The molecule has 2 unspecified atom stereocenters. The number of carboxylic acid groups (broad SMARTS) is 1. The maximum atomic E-state index is 11.1. The Kier molecular flexibility index (Phi) is 3.73. The van der Waals surface area contributed by atoms with Crippen LogP contribution >= 0.6 is 0 Å². The van der Waals surface area contributed by atoms with E-state index in [0.29, 0.717) is 18.6 Å². The molecule has 2 aliphatic rings. The molecule has 2 atom stereocenters. The number of fused-ring (bicyclic) bond motifs is 1. The van der Waals surface area contributed by atoms with Crippen molar-refractivity contribution in [2.75, 3.05) is 19.7 Å². The molecule has 0 spiro atoms. The van der Waals surface area contributed by atoms with Gasteiger partial charge >= 0.3 is 5.97 Å². The van der Waals surface area contributed by atoms with Gasteiger partial charge in [0, 0.05) is 12.6 Å². The van der Waals surface area contributed by atoms with Crippen molar-refractivity contribution in [3.8, 4) is 0 Å². The van der Waals surface area contributed by atoms with E-state index < -0.39 is 11.4 Å². The first-order chi connectivity index (χ1) is 8.00. The summed E-state index contributed by atoms with van der Waals surface area (Å²) in [6.07, 6.45) is 4.73. The second-order valence-electron chi connectivity index (χ2n) is 5.88. The lowest BCUT2D eigenvalue weighted by Crippen LogP contribution is -2.49. The van der Waals surface area contributed by atoms with E-state index in [4.69, 9.17) is 9.84 Å². The molecule has 1 N–H and O–H groups in total. The topological polar surface area (TPSA) is 49.8 Å². The Morgan fingerprint density at radius 2 is 2.24 bits per heavy atom. The van der Waals surface area contributed by atoms with Gasteiger partial charge in [0.1, 0.15) is 0 Å². The molecule has 2 rings (SSSR count). The average molecular weight is 241 g/mol. The minimum absolute atomic E-state index is 0.400. The number of morpholine rings is 1. The van der Waals surface area contributed by atoms with Crippen molar-refractivity contribution in [2.45, 2.75) is 51.7 Å². The molecular formula is C13H23NO3. The van der Waals surface area contributed by atoms with Crippen molar-refractivity contribution in [1.82, 2.24) is 4.90 Å². The Bertz CT molecular complexity index is 290. The molecule has 0 bridgehead atoms. The second kappa shape index (κ2) is 4.94. The van der Waals surface area contributed by atoms with Crippen LogP contribution in [0, 0.1) is 5.41 Å². The zero-order chi connectivity index (χ0) is 12.5. The summed E-state index contributed by atoms with van der Waals surface area (Å²) in [7, 11) is 0. The minimum atomic E-state index is -0.700. The SMILES string of the molecule is CC(C)(CCN1CCOC2CCCC21)C(=O)O. The van der Waals surface area contributed by atoms with E-state index in [-0.39, 0.29) is 0 Å². The molecule has 98 valence electrons. The van der Waals surface area contributed by atoms with Crippen LogP contribution in [0.5, 0.6) is 0 Å². The number of carboxylic acids is 1. The van der Waals surface area contributed by atoms with Crippen LogP contribution in [0.25, 0.3) is 0 Å². The minimum Gasteiger partial charge on any atom is -0.481 e. The van der Waals surface area contributed by atoms with Gasteiger partial charge in [0.25, 0.3) is 0 Å². The first-order valence-corrected chi connectivity index (χ1v) is 6.60. The summed E-state index contributed by atoms with van der Waals surface area (Å²) >= 11 is 0. The second-order valence-corrected chi connectivity index (χ2v) is 5.88. The van der Waals surface area contributed by atoms with Crippen molar-refractivity contribution in [3.05, 3.63) is 0 Å². The van der Waals surface area contributed by atoms with Crippen LogP contribution in [0.1, 0.15) is 39.5 Å². The number of hydrogen-bond acceptors (Lipinski definition) is 3. The van der Waals surface area contributed by atoms with Gasteiger partial charge in [-0.3, -0.25) is 9.69 Å². The molecule has 0 amide bonds. The maximum Gasteiger partial charge on any atom is 0.309 e. The highest BCUT2D eigenvalue weighted by Crippen LogP contribution is 2.31. The van der Waals surface area contributed by atoms with Gasteiger partial charge in [0.15, 0.2) is 0 Å². The number of carbonyl (C=O) groups is 1. The largest absolute Gasteiger partial charge is 0.481 e. The molecule has 17 heavy (non-hydrogen) atoms. The summed E-state index contributed by atoms with van der Waals surface area (Å²) in [4.78, 5) is 13.5. The quantitative estimate of drug-likeness (QED) is 0.814. The normalized spacial score (nSPS) is 30.2. The molecule has 1 heterocycles. The number of hydrogen-bond donors (Lipinski definition) is 1. The Morgan fingerprint density at radius 1 is 1.47 bits per heavy atom. The number of aliphatic carboxylic acids is 1. The van der Waals surface area contributed by atoms with Crippen LogP contribution in [0.3, 0.4) is 0 Å². The van der Waals surface area contributed by atoms with Crippen molar-refractivity contribution in [3.63, 3.8) is 0 Å². The fraction of sp³-hybridized carbons (Fsp3) is 0.923. The highest BCUT2D eigenvalue weighted by molar-refractivity contribution is 5.73. The van der Waals surface area contributed by atoms with Gasteiger partial charge in [-0.1, -0.05) is 0 Å². The van der Waals surface area contributed by atoms with Gasteiger partial charge < -0.3 is 9.84 Å². The van der Waals surface area contributed by atoms with E-state index in [1.165, 1.54) is 19.3 Å². The molecule has 4 heteroatoms. The Balaban J connectivity index is 1.88. The van der Waals surface area contributed by atoms with Crippen LogP contribution in [0.15, 0.2) is 0 Å². The first kappa shape index (κ1) is 12.8. The van der Waals surface area contributed by atoms with Crippen molar-refractivity contribution >= 4 is 5.97 Å². The molecule has 1 saturated heterocycles. The highest BCUT2D eigenvalue weighted by Gasteiger charge is 2.37. The fourth-order valence-electron chi connectivity index (χ4n) is 2.81. The van der Waals surface area contributed by atoms with Gasteiger partial charge in [-0.25, -0.2) is 0 Å². The predicted molar refractivity (Wildman–Crippen MR) is 65.0 cm³/mol. The third kappa shape index (κ3) is 2.80. The summed E-state index contributed by atoms with van der Waals surface area (Å²) in [5.41, 5.74) is -0.619. The third-order valence-corrected chi connectivity index (χ3v) is 4.20. The maximum absolute atomic E-state index is 11.1. The van der Waals surface area contributed by atoms with Crippen molar-refractivity contribution < 1.29 is 14.6 Å². The lowest BCUT2D eigenvalue weighted by Gasteiger charge is -2.38. The zero-order valence-corrected chi connectivity index (χ0v) is 10.8. The summed E-state index contributed by atoms with van der Waals surface area (Å²) in [6, 6.07) is 0.536. The van der Waals surface area contributed by atoms with Gasteiger partial charge in [0.05, 0.1) is 18.1 Å². The molecule has 4 nitrogen and oxygen atoms in total. The van der Waals surface area contributed by atoms with Crippen LogP contribution < -0.4 is 0 Å². The lowest BCUT2D eigenvalue weighted by molar-refractivity contribution is -0.147. The zero-order valence-electron chi connectivity index (χ0n) is 10.8. The molecule has 1 saturated carbocycles. The molecule has 0 aromatic heterocycles. The molecule has 1 aliphatic heterocycles. The number of rotatable bonds is 4.